The lowest BCUT2D eigenvalue weighted by Gasteiger charge is -2.13. The molecule has 5 nitrogen and oxygen atoms in total. The van der Waals surface area contributed by atoms with Crippen LogP contribution in [0.4, 0.5) is 0 Å². The largest absolute Gasteiger partial charge is 0.493 e. The molecule has 1 heterocycles. The van der Waals surface area contributed by atoms with E-state index in [1.165, 1.54) is 12.1 Å². The molecule has 2 rings (SSSR count). The van der Waals surface area contributed by atoms with Gasteiger partial charge in [0, 0.05) is 18.3 Å². The summed E-state index contributed by atoms with van der Waals surface area (Å²) >= 11 is 0. The van der Waals surface area contributed by atoms with Gasteiger partial charge in [-0.3, -0.25) is 4.98 Å². The average molecular weight is 306 g/mol. The minimum absolute atomic E-state index is 0.106. The average Bonchev–Trinajstić information content (AvgIpc) is 2.42. The van der Waals surface area contributed by atoms with E-state index in [9.17, 15) is 8.42 Å². The van der Waals surface area contributed by atoms with E-state index in [1.807, 2.05) is 18.2 Å². The highest BCUT2D eigenvalue weighted by molar-refractivity contribution is 7.89. The number of pyridine rings is 1. The number of hydrogen-bond acceptors (Lipinski definition) is 4. The molecule has 0 spiro atoms. The fraction of sp³-hybridized carbons (Fsp3) is 0.267. The first-order valence-electron chi connectivity index (χ1n) is 6.54. The van der Waals surface area contributed by atoms with Crippen LogP contribution < -0.4 is 9.88 Å². The van der Waals surface area contributed by atoms with Crippen LogP contribution in [0.3, 0.4) is 0 Å². The summed E-state index contributed by atoms with van der Waals surface area (Å²) in [7, 11) is -3.69. The van der Waals surface area contributed by atoms with Gasteiger partial charge in [-0.2, -0.15) is 0 Å². The molecule has 0 bridgehead atoms. The van der Waals surface area contributed by atoms with Gasteiger partial charge in [0.2, 0.25) is 10.0 Å². The van der Waals surface area contributed by atoms with E-state index in [0.717, 1.165) is 16.8 Å². The summed E-state index contributed by atoms with van der Waals surface area (Å²) in [5.74, 6) is 0.693. The number of nitrogens with zero attached hydrogens (tertiary/aromatic N) is 1. The normalized spacial score (nSPS) is 11.4. The third-order valence-electron chi connectivity index (χ3n) is 3.09. The number of primary sulfonamides is 1. The van der Waals surface area contributed by atoms with Crippen LogP contribution in [0.5, 0.6) is 5.75 Å². The van der Waals surface area contributed by atoms with Crippen LogP contribution in [0.15, 0.2) is 41.4 Å². The Morgan fingerprint density at radius 2 is 1.86 bits per heavy atom. The van der Waals surface area contributed by atoms with Crippen molar-refractivity contribution in [2.45, 2.75) is 25.2 Å². The van der Waals surface area contributed by atoms with E-state index in [2.05, 4.69) is 4.98 Å². The highest BCUT2D eigenvalue weighted by Gasteiger charge is 2.13. The van der Waals surface area contributed by atoms with Crippen molar-refractivity contribution < 1.29 is 13.2 Å². The molecule has 6 heteroatoms. The van der Waals surface area contributed by atoms with Crippen LogP contribution in [-0.4, -0.2) is 20.0 Å². The fourth-order valence-electron chi connectivity index (χ4n) is 2.11. The summed E-state index contributed by atoms with van der Waals surface area (Å²) in [6.45, 7) is 4.09. The highest BCUT2D eigenvalue weighted by atomic mass is 32.2. The van der Waals surface area contributed by atoms with Crippen LogP contribution in [-0.2, 0) is 16.4 Å². The smallest absolute Gasteiger partial charge is 0.238 e. The van der Waals surface area contributed by atoms with Gasteiger partial charge in [0.15, 0.2) is 0 Å². The summed E-state index contributed by atoms with van der Waals surface area (Å²) in [5, 5.41) is 5.14. The Bertz CT molecular complexity index is 705. The van der Waals surface area contributed by atoms with E-state index in [4.69, 9.17) is 9.88 Å². The second-order valence-electron chi connectivity index (χ2n) is 4.85. The second-order valence-corrected chi connectivity index (χ2v) is 6.41. The Balaban J connectivity index is 2.11. The molecule has 112 valence electrons. The van der Waals surface area contributed by atoms with Gasteiger partial charge in [0.25, 0.3) is 0 Å². The summed E-state index contributed by atoms with van der Waals surface area (Å²) in [5.41, 5.74) is 2.45. The van der Waals surface area contributed by atoms with Gasteiger partial charge in [0.05, 0.1) is 11.5 Å². The zero-order valence-corrected chi connectivity index (χ0v) is 12.9. The maximum Gasteiger partial charge on any atom is 0.238 e. The van der Waals surface area contributed by atoms with E-state index < -0.39 is 10.0 Å². The zero-order chi connectivity index (χ0) is 15.5. The molecule has 0 aliphatic carbocycles. The van der Waals surface area contributed by atoms with Crippen molar-refractivity contribution in [3.05, 3.63) is 53.3 Å². The van der Waals surface area contributed by atoms with Gasteiger partial charge in [-0.15, -0.1) is 0 Å². The summed E-state index contributed by atoms with van der Waals surface area (Å²) < 4.78 is 28.5. The minimum Gasteiger partial charge on any atom is -0.493 e. The van der Waals surface area contributed by atoms with Crippen molar-refractivity contribution >= 4 is 10.0 Å². The number of benzene rings is 1. The standard InChI is InChI=1S/C15H18N2O3S/c1-11-9-14(21(16,18)19)10-12(2)15(11)20-8-6-13-5-3-4-7-17-13/h3-5,7,9-10H,6,8H2,1-2H3,(H2,16,18,19). The van der Waals surface area contributed by atoms with E-state index in [-0.39, 0.29) is 4.90 Å². The number of rotatable bonds is 5. The molecule has 1 aromatic heterocycles. The molecule has 0 aliphatic rings. The number of hydrogen-bond donors (Lipinski definition) is 1. The van der Waals surface area contributed by atoms with Crippen molar-refractivity contribution in [3.63, 3.8) is 0 Å². The lowest BCUT2D eigenvalue weighted by atomic mass is 10.1. The minimum atomic E-state index is -3.69. The number of aryl methyl sites for hydroxylation is 2. The molecule has 0 aliphatic heterocycles. The van der Waals surface area contributed by atoms with Crippen LogP contribution in [0.2, 0.25) is 0 Å². The van der Waals surface area contributed by atoms with E-state index in [1.54, 1.807) is 20.0 Å². The lowest BCUT2D eigenvalue weighted by molar-refractivity contribution is 0.316. The summed E-state index contributed by atoms with van der Waals surface area (Å²) in [4.78, 5) is 4.33. The van der Waals surface area contributed by atoms with Crippen molar-refractivity contribution in [3.8, 4) is 5.75 Å². The van der Waals surface area contributed by atoms with Gasteiger partial charge in [-0.1, -0.05) is 6.07 Å². The van der Waals surface area contributed by atoms with Crippen molar-refractivity contribution in [2.75, 3.05) is 6.61 Å². The zero-order valence-electron chi connectivity index (χ0n) is 12.0. The Labute approximate surface area is 124 Å². The molecule has 0 unspecified atom stereocenters. The lowest BCUT2D eigenvalue weighted by Crippen LogP contribution is -2.13. The van der Waals surface area contributed by atoms with Gasteiger partial charge < -0.3 is 4.74 Å². The van der Waals surface area contributed by atoms with Gasteiger partial charge in [-0.25, -0.2) is 13.6 Å². The molecule has 0 radical (unpaired) electrons. The predicted octanol–water partition coefficient (Wildman–Crippen LogP) is 1.97. The molecular weight excluding hydrogens is 288 g/mol. The topological polar surface area (TPSA) is 82.3 Å². The van der Waals surface area contributed by atoms with Gasteiger partial charge >= 0.3 is 0 Å². The number of nitrogens with two attached hydrogens (primary N) is 1. The number of ether oxygens (including phenoxy) is 1. The first-order chi connectivity index (χ1) is 9.88. The third kappa shape index (κ3) is 4.03. The summed E-state index contributed by atoms with van der Waals surface area (Å²) in [6, 6.07) is 8.79. The Kier molecular flexibility index (Phi) is 4.59. The van der Waals surface area contributed by atoms with Crippen molar-refractivity contribution in [1.82, 2.24) is 4.98 Å². The maximum absolute atomic E-state index is 11.4. The van der Waals surface area contributed by atoms with Gasteiger partial charge in [-0.05, 0) is 49.2 Å². The van der Waals surface area contributed by atoms with Crippen LogP contribution in [0, 0.1) is 13.8 Å². The fourth-order valence-corrected chi connectivity index (χ4v) is 2.79. The molecule has 1 aromatic carbocycles. The summed E-state index contributed by atoms with van der Waals surface area (Å²) in [6.07, 6.45) is 2.43. The Morgan fingerprint density at radius 1 is 1.19 bits per heavy atom. The van der Waals surface area contributed by atoms with Crippen LogP contribution in [0.1, 0.15) is 16.8 Å². The maximum atomic E-state index is 11.4. The molecule has 0 amide bonds. The van der Waals surface area contributed by atoms with E-state index in [0.29, 0.717) is 18.8 Å². The number of aromatic nitrogens is 1. The van der Waals surface area contributed by atoms with Crippen molar-refractivity contribution in [1.29, 1.82) is 0 Å². The molecule has 2 aromatic rings. The highest BCUT2D eigenvalue weighted by Crippen LogP contribution is 2.26. The first kappa shape index (κ1) is 15.5. The molecular formula is C15H18N2O3S. The third-order valence-corrected chi connectivity index (χ3v) is 3.99. The quantitative estimate of drug-likeness (QED) is 0.915. The van der Waals surface area contributed by atoms with Crippen LogP contribution in [0.25, 0.3) is 0 Å². The molecule has 0 atom stereocenters. The first-order valence-corrected chi connectivity index (χ1v) is 8.09. The number of sulfonamides is 1. The van der Waals surface area contributed by atoms with Crippen molar-refractivity contribution in [2.24, 2.45) is 5.14 Å². The molecule has 0 saturated heterocycles. The monoisotopic (exact) mass is 306 g/mol. The second kappa shape index (κ2) is 6.24. The SMILES string of the molecule is Cc1cc(S(N)(=O)=O)cc(C)c1OCCc1ccccn1. The Hall–Kier alpha value is -1.92. The molecule has 0 fully saturated rings. The van der Waals surface area contributed by atoms with E-state index >= 15 is 0 Å². The molecule has 0 saturated carbocycles. The molecule has 2 N–H and O–H groups in total. The Morgan fingerprint density at radius 3 is 2.38 bits per heavy atom. The van der Waals surface area contributed by atoms with Gasteiger partial charge in [0.1, 0.15) is 5.75 Å². The van der Waals surface area contributed by atoms with Crippen LogP contribution >= 0.6 is 0 Å². The molecule has 21 heavy (non-hydrogen) atoms. The predicted molar refractivity (Wildman–Crippen MR) is 80.7 cm³/mol.